The van der Waals surface area contributed by atoms with Gasteiger partial charge in [0.05, 0.1) is 11.8 Å². The highest BCUT2D eigenvalue weighted by molar-refractivity contribution is 5.80. The van der Waals surface area contributed by atoms with Gasteiger partial charge in [0.2, 0.25) is 5.78 Å². The van der Waals surface area contributed by atoms with E-state index in [4.69, 9.17) is 4.52 Å². The van der Waals surface area contributed by atoms with Gasteiger partial charge in [0.25, 0.3) is 5.56 Å². The van der Waals surface area contributed by atoms with Crippen LogP contribution in [-0.4, -0.2) is 29.3 Å². The highest BCUT2D eigenvalue weighted by Crippen LogP contribution is 2.33. The summed E-state index contributed by atoms with van der Waals surface area (Å²) in [6.07, 6.45) is 6.69. The van der Waals surface area contributed by atoms with Gasteiger partial charge in [-0.15, -0.1) is 0 Å². The maximum absolute atomic E-state index is 14.1. The van der Waals surface area contributed by atoms with Gasteiger partial charge in [-0.2, -0.15) is 15.3 Å². The lowest BCUT2D eigenvalue weighted by molar-refractivity contribution is 0.309. The number of aromatic nitrogens is 6. The molecule has 2 aromatic carbocycles. The molecule has 1 aliphatic carbocycles. The minimum atomic E-state index is -0.601. The van der Waals surface area contributed by atoms with E-state index in [1.807, 2.05) is 57.6 Å². The van der Waals surface area contributed by atoms with Crippen molar-refractivity contribution in [2.24, 2.45) is 5.92 Å². The van der Waals surface area contributed by atoms with Crippen LogP contribution in [0.25, 0.3) is 28.3 Å². The molecular formula is C30H29N7O3. The third-order valence-corrected chi connectivity index (χ3v) is 7.83. The first-order valence-corrected chi connectivity index (χ1v) is 13.7. The summed E-state index contributed by atoms with van der Waals surface area (Å²) in [5, 5.41) is 17.7. The summed E-state index contributed by atoms with van der Waals surface area (Å²) < 4.78 is 8.36. The maximum Gasteiger partial charge on any atom is 0.439 e. The molecule has 1 saturated carbocycles. The molecule has 1 aliphatic rings. The molecule has 3 aromatic heterocycles. The van der Waals surface area contributed by atoms with Crippen LogP contribution in [0.1, 0.15) is 61.9 Å². The van der Waals surface area contributed by atoms with Gasteiger partial charge >= 0.3 is 5.76 Å². The van der Waals surface area contributed by atoms with Crippen LogP contribution in [0.5, 0.6) is 0 Å². The standard InChI is InChI=1S/C30H29N7O3/c1-2-5-26-25(28(38)36(29-32-18-33-37(26)29)22-14-10-20(17-31)11-15-22)16-19-8-12-21(13-9-19)23-6-3-4-7-24(23)27-34-30(39)40-35-27/h3-4,6-9,12-13,18,20,22H,2,5,10-11,14-16H2,1H3,(H,34,35,39). The molecule has 1 fully saturated rings. The zero-order chi connectivity index (χ0) is 27.6. The summed E-state index contributed by atoms with van der Waals surface area (Å²) >= 11 is 0. The molecule has 0 radical (unpaired) electrons. The van der Waals surface area contributed by atoms with Gasteiger partial charge in [-0.3, -0.25) is 18.9 Å². The minimum Gasteiger partial charge on any atom is -0.296 e. The van der Waals surface area contributed by atoms with Crippen molar-refractivity contribution in [3.8, 4) is 28.6 Å². The zero-order valence-electron chi connectivity index (χ0n) is 22.2. The highest BCUT2D eigenvalue weighted by atomic mass is 16.5. The monoisotopic (exact) mass is 535 g/mol. The molecule has 40 heavy (non-hydrogen) atoms. The number of nitrogens with zero attached hydrogens (tertiary/aromatic N) is 6. The van der Waals surface area contributed by atoms with E-state index >= 15 is 0 Å². The lowest BCUT2D eigenvalue weighted by Crippen LogP contribution is -2.34. The second-order valence-electron chi connectivity index (χ2n) is 10.3. The molecule has 10 nitrogen and oxygen atoms in total. The Hall–Kier alpha value is -4.78. The van der Waals surface area contributed by atoms with E-state index in [0.29, 0.717) is 24.4 Å². The van der Waals surface area contributed by atoms with E-state index in [1.165, 1.54) is 6.33 Å². The molecule has 5 aromatic rings. The first-order valence-electron chi connectivity index (χ1n) is 13.7. The van der Waals surface area contributed by atoms with Crippen LogP contribution in [0.3, 0.4) is 0 Å². The van der Waals surface area contributed by atoms with Crippen LogP contribution in [0.4, 0.5) is 0 Å². The predicted molar refractivity (Wildman–Crippen MR) is 149 cm³/mol. The first-order chi connectivity index (χ1) is 19.6. The van der Waals surface area contributed by atoms with E-state index in [2.05, 4.69) is 33.2 Å². The van der Waals surface area contributed by atoms with E-state index in [-0.39, 0.29) is 17.5 Å². The van der Waals surface area contributed by atoms with E-state index in [9.17, 15) is 14.9 Å². The van der Waals surface area contributed by atoms with Crippen LogP contribution in [0.2, 0.25) is 0 Å². The summed E-state index contributed by atoms with van der Waals surface area (Å²) in [4.78, 5) is 32.7. The molecule has 0 atom stereocenters. The molecule has 6 rings (SSSR count). The van der Waals surface area contributed by atoms with Gasteiger partial charge < -0.3 is 0 Å². The quantitative estimate of drug-likeness (QED) is 0.319. The number of rotatable bonds is 7. The van der Waals surface area contributed by atoms with Crippen molar-refractivity contribution in [2.45, 2.75) is 57.9 Å². The number of aryl methyl sites for hydroxylation is 1. The van der Waals surface area contributed by atoms with Crippen molar-refractivity contribution >= 4 is 5.78 Å². The molecule has 0 amide bonds. The Morgan fingerprint density at radius 2 is 1.80 bits per heavy atom. The molecule has 202 valence electrons. The molecule has 3 heterocycles. The predicted octanol–water partition coefficient (Wildman–Crippen LogP) is 4.70. The van der Waals surface area contributed by atoms with Crippen molar-refractivity contribution in [3.05, 3.63) is 92.6 Å². The molecule has 0 saturated heterocycles. The number of hydrogen-bond donors (Lipinski definition) is 1. The number of nitriles is 1. The molecular weight excluding hydrogens is 506 g/mol. The second-order valence-corrected chi connectivity index (χ2v) is 10.3. The van der Waals surface area contributed by atoms with Gasteiger partial charge in [-0.05, 0) is 48.8 Å². The first kappa shape index (κ1) is 25.5. The Labute approximate surface area is 229 Å². The Morgan fingerprint density at radius 1 is 1.05 bits per heavy atom. The molecule has 0 aliphatic heterocycles. The Morgan fingerprint density at radius 3 is 2.48 bits per heavy atom. The van der Waals surface area contributed by atoms with Crippen molar-refractivity contribution in [3.63, 3.8) is 0 Å². The topological polar surface area (TPSA) is 135 Å². The summed E-state index contributed by atoms with van der Waals surface area (Å²) in [6.45, 7) is 2.09. The largest absolute Gasteiger partial charge is 0.439 e. The summed E-state index contributed by atoms with van der Waals surface area (Å²) in [5.74, 6) is 0.402. The van der Waals surface area contributed by atoms with Crippen molar-refractivity contribution in [2.75, 3.05) is 0 Å². The fourth-order valence-corrected chi connectivity index (χ4v) is 5.83. The van der Waals surface area contributed by atoms with Crippen LogP contribution >= 0.6 is 0 Å². The molecule has 0 unspecified atom stereocenters. The third kappa shape index (κ3) is 4.64. The number of nitrogens with one attached hydrogen (secondary N) is 1. The Bertz CT molecular complexity index is 1810. The Kier molecular flexibility index (Phi) is 6.86. The van der Waals surface area contributed by atoms with Gasteiger partial charge in [0.1, 0.15) is 6.33 Å². The highest BCUT2D eigenvalue weighted by Gasteiger charge is 2.27. The maximum atomic E-state index is 14.1. The number of benzene rings is 2. The minimum absolute atomic E-state index is 0.0000707. The van der Waals surface area contributed by atoms with Gasteiger partial charge in [-0.1, -0.05) is 67.0 Å². The third-order valence-electron chi connectivity index (χ3n) is 7.83. The molecule has 1 N–H and O–H groups in total. The average Bonchev–Trinajstić information content (AvgIpc) is 3.65. The second kappa shape index (κ2) is 10.8. The van der Waals surface area contributed by atoms with Crippen molar-refractivity contribution < 1.29 is 4.52 Å². The molecule has 0 spiro atoms. The SMILES string of the molecule is CCCc1c(Cc2ccc(-c3ccccc3-c3noc(=O)[nH]3)cc2)c(=O)n(C2CCC(C#N)CC2)c2ncnn12. The normalized spacial score (nSPS) is 17.2. The smallest absolute Gasteiger partial charge is 0.296 e. The molecule has 0 bridgehead atoms. The summed E-state index contributed by atoms with van der Waals surface area (Å²) in [5.41, 5.74) is 5.23. The van der Waals surface area contributed by atoms with Crippen LogP contribution in [-0.2, 0) is 12.8 Å². The number of aromatic amines is 1. The Balaban J connectivity index is 1.37. The van der Waals surface area contributed by atoms with E-state index in [0.717, 1.165) is 65.6 Å². The summed E-state index contributed by atoms with van der Waals surface area (Å²) in [6, 6.07) is 18.1. The van der Waals surface area contributed by atoms with Crippen LogP contribution in [0, 0.1) is 17.2 Å². The lowest BCUT2D eigenvalue weighted by atomic mass is 9.86. The molecule has 10 heteroatoms. The lowest BCUT2D eigenvalue weighted by Gasteiger charge is -2.28. The zero-order valence-corrected chi connectivity index (χ0v) is 22.2. The average molecular weight is 536 g/mol. The summed E-state index contributed by atoms with van der Waals surface area (Å²) in [7, 11) is 0. The number of fused-ring (bicyclic) bond motifs is 1. The van der Waals surface area contributed by atoms with Gasteiger partial charge in [0, 0.05) is 29.5 Å². The van der Waals surface area contributed by atoms with Crippen LogP contribution in [0.15, 0.2) is 69.0 Å². The number of hydrogen-bond acceptors (Lipinski definition) is 7. The van der Waals surface area contributed by atoms with E-state index < -0.39 is 5.76 Å². The number of H-pyrrole nitrogens is 1. The van der Waals surface area contributed by atoms with Crippen LogP contribution < -0.4 is 11.3 Å². The van der Waals surface area contributed by atoms with Gasteiger partial charge in [0.15, 0.2) is 5.82 Å². The fourth-order valence-electron chi connectivity index (χ4n) is 5.83. The van der Waals surface area contributed by atoms with Crippen molar-refractivity contribution in [1.82, 2.24) is 29.3 Å². The fraction of sp³-hybridized carbons (Fsp3) is 0.333. The van der Waals surface area contributed by atoms with E-state index in [1.54, 1.807) is 0 Å². The van der Waals surface area contributed by atoms with Crippen molar-refractivity contribution in [1.29, 1.82) is 5.26 Å². The van der Waals surface area contributed by atoms with Gasteiger partial charge in [-0.25, -0.2) is 9.31 Å².